The molecule has 0 saturated heterocycles. The number of amides is 1. The Morgan fingerprint density at radius 3 is 2.79 bits per heavy atom. The summed E-state index contributed by atoms with van der Waals surface area (Å²) in [6.45, 7) is 6.66. The van der Waals surface area contributed by atoms with E-state index in [-0.39, 0.29) is 12.5 Å². The van der Waals surface area contributed by atoms with Gasteiger partial charge in [-0.2, -0.15) is 0 Å². The standard InChI is InChI=1S/C21H25BrN4O2/c1-4-11-28-19-8-6-5-7-16(19)13-24-21(23-3)25-14-20(27)26-18-12-17(22)10-9-15(18)2/h4-10,12H,1,11,13-14H2,2-3H3,(H,26,27)(H2,23,24,25). The van der Waals surface area contributed by atoms with Crippen LogP contribution < -0.4 is 20.7 Å². The molecule has 0 aliphatic rings. The third kappa shape index (κ3) is 6.74. The maximum absolute atomic E-state index is 12.2. The van der Waals surface area contributed by atoms with Gasteiger partial charge in [-0.25, -0.2) is 0 Å². The van der Waals surface area contributed by atoms with E-state index in [9.17, 15) is 4.79 Å². The van der Waals surface area contributed by atoms with Crippen LogP contribution in [0.25, 0.3) is 0 Å². The number of nitrogens with one attached hydrogen (secondary N) is 3. The van der Waals surface area contributed by atoms with Gasteiger partial charge >= 0.3 is 0 Å². The van der Waals surface area contributed by atoms with Gasteiger partial charge in [0.1, 0.15) is 12.4 Å². The first kappa shape index (κ1) is 21.5. The van der Waals surface area contributed by atoms with Crippen molar-refractivity contribution >= 4 is 33.5 Å². The van der Waals surface area contributed by atoms with Crippen molar-refractivity contribution in [3.63, 3.8) is 0 Å². The second kappa shape index (κ2) is 11.1. The van der Waals surface area contributed by atoms with E-state index in [1.165, 1.54) is 0 Å². The Morgan fingerprint density at radius 1 is 1.25 bits per heavy atom. The van der Waals surface area contributed by atoms with Crippen molar-refractivity contribution in [3.8, 4) is 5.75 Å². The number of guanidine groups is 1. The lowest BCUT2D eigenvalue weighted by Gasteiger charge is -2.15. The quantitative estimate of drug-likeness (QED) is 0.330. The van der Waals surface area contributed by atoms with Crippen LogP contribution in [0.5, 0.6) is 5.75 Å². The maximum atomic E-state index is 12.2. The van der Waals surface area contributed by atoms with Crippen LogP contribution in [0.4, 0.5) is 5.69 Å². The summed E-state index contributed by atoms with van der Waals surface area (Å²) in [6.07, 6.45) is 1.70. The molecule has 7 heteroatoms. The van der Waals surface area contributed by atoms with Gasteiger partial charge in [0.05, 0.1) is 6.54 Å². The zero-order chi connectivity index (χ0) is 20.4. The predicted octanol–water partition coefficient (Wildman–Crippen LogP) is 3.63. The lowest BCUT2D eigenvalue weighted by atomic mass is 10.2. The number of benzene rings is 2. The molecule has 0 saturated carbocycles. The average molecular weight is 445 g/mol. The number of carbonyl (C=O) groups excluding carboxylic acids is 1. The number of nitrogens with zero attached hydrogens (tertiary/aromatic N) is 1. The van der Waals surface area contributed by atoms with Crippen LogP contribution in [0.3, 0.4) is 0 Å². The second-order valence-corrected chi connectivity index (χ2v) is 6.91. The Hall–Kier alpha value is -2.80. The lowest BCUT2D eigenvalue weighted by Crippen LogP contribution is -2.41. The molecule has 3 N–H and O–H groups in total. The number of para-hydroxylation sites is 1. The van der Waals surface area contributed by atoms with Crippen molar-refractivity contribution in [2.24, 2.45) is 4.99 Å². The van der Waals surface area contributed by atoms with Gasteiger partial charge in [0.25, 0.3) is 0 Å². The Balaban J connectivity index is 1.87. The number of rotatable bonds is 8. The van der Waals surface area contributed by atoms with Crippen molar-refractivity contribution in [1.29, 1.82) is 0 Å². The van der Waals surface area contributed by atoms with E-state index in [4.69, 9.17) is 4.74 Å². The minimum absolute atomic E-state index is 0.0975. The normalized spacial score (nSPS) is 10.9. The number of hydrogen-bond donors (Lipinski definition) is 3. The molecular weight excluding hydrogens is 420 g/mol. The fourth-order valence-electron chi connectivity index (χ4n) is 2.43. The van der Waals surface area contributed by atoms with Crippen LogP contribution in [-0.4, -0.2) is 32.1 Å². The van der Waals surface area contributed by atoms with Gasteiger partial charge in [0.2, 0.25) is 5.91 Å². The first-order chi connectivity index (χ1) is 13.5. The molecule has 0 aromatic heterocycles. The number of carbonyl (C=O) groups is 1. The van der Waals surface area contributed by atoms with Crippen molar-refractivity contribution in [2.45, 2.75) is 13.5 Å². The molecule has 6 nitrogen and oxygen atoms in total. The Kier molecular flexibility index (Phi) is 8.55. The van der Waals surface area contributed by atoms with Gasteiger partial charge in [-0.3, -0.25) is 9.79 Å². The SMILES string of the molecule is C=CCOc1ccccc1CNC(=NC)NCC(=O)Nc1cc(Br)ccc1C. The average Bonchev–Trinajstić information content (AvgIpc) is 2.70. The van der Waals surface area contributed by atoms with Crippen molar-refractivity contribution in [2.75, 3.05) is 25.5 Å². The molecule has 28 heavy (non-hydrogen) atoms. The highest BCUT2D eigenvalue weighted by atomic mass is 79.9. The molecule has 0 atom stereocenters. The van der Waals surface area contributed by atoms with Gasteiger partial charge in [-0.15, -0.1) is 0 Å². The first-order valence-electron chi connectivity index (χ1n) is 8.85. The molecule has 2 rings (SSSR count). The van der Waals surface area contributed by atoms with Gasteiger partial charge in [0, 0.05) is 29.3 Å². The molecule has 0 unspecified atom stereocenters. The summed E-state index contributed by atoms with van der Waals surface area (Å²) in [4.78, 5) is 16.4. The van der Waals surface area contributed by atoms with E-state index in [1.807, 2.05) is 49.4 Å². The van der Waals surface area contributed by atoms with Crippen LogP contribution in [-0.2, 0) is 11.3 Å². The van der Waals surface area contributed by atoms with E-state index in [0.717, 1.165) is 27.0 Å². The molecular formula is C21H25BrN4O2. The molecule has 0 spiro atoms. The largest absolute Gasteiger partial charge is 0.489 e. The summed E-state index contributed by atoms with van der Waals surface area (Å²) >= 11 is 3.41. The Labute approximate surface area is 174 Å². The van der Waals surface area contributed by atoms with Crippen LogP contribution in [0.2, 0.25) is 0 Å². The maximum Gasteiger partial charge on any atom is 0.243 e. The smallest absolute Gasteiger partial charge is 0.243 e. The molecule has 0 aliphatic heterocycles. The topological polar surface area (TPSA) is 74.8 Å². The molecule has 0 heterocycles. The monoisotopic (exact) mass is 444 g/mol. The van der Waals surface area contributed by atoms with Crippen molar-refractivity contribution in [1.82, 2.24) is 10.6 Å². The first-order valence-corrected chi connectivity index (χ1v) is 9.65. The third-order valence-corrected chi connectivity index (χ3v) is 4.38. The molecule has 0 radical (unpaired) electrons. The number of aliphatic imine (C=N–C) groups is 1. The van der Waals surface area contributed by atoms with Crippen molar-refractivity contribution in [3.05, 3.63) is 70.7 Å². The van der Waals surface area contributed by atoms with Crippen LogP contribution in [0.1, 0.15) is 11.1 Å². The highest BCUT2D eigenvalue weighted by Crippen LogP contribution is 2.20. The lowest BCUT2D eigenvalue weighted by molar-refractivity contribution is -0.115. The van der Waals surface area contributed by atoms with Crippen LogP contribution in [0.15, 0.2) is 64.6 Å². The van der Waals surface area contributed by atoms with Crippen LogP contribution in [0, 0.1) is 6.92 Å². The summed E-state index contributed by atoms with van der Waals surface area (Å²) in [5.74, 6) is 1.16. The number of anilines is 1. The summed E-state index contributed by atoms with van der Waals surface area (Å²) in [6, 6.07) is 13.5. The fraction of sp³-hybridized carbons (Fsp3) is 0.238. The number of hydrogen-bond acceptors (Lipinski definition) is 3. The summed E-state index contributed by atoms with van der Waals surface area (Å²) in [7, 11) is 1.66. The highest BCUT2D eigenvalue weighted by molar-refractivity contribution is 9.10. The Bertz CT molecular complexity index is 852. The summed E-state index contributed by atoms with van der Waals surface area (Å²) < 4.78 is 6.56. The van der Waals surface area contributed by atoms with Gasteiger partial charge < -0.3 is 20.7 Å². The molecule has 1 amide bonds. The number of halogens is 1. The van der Waals surface area contributed by atoms with Crippen molar-refractivity contribution < 1.29 is 9.53 Å². The van der Waals surface area contributed by atoms with E-state index < -0.39 is 0 Å². The van der Waals surface area contributed by atoms with Crippen LogP contribution >= 0.6 is 15.9 Å². The molecule has 2 aromatic carbocycles. The van der Waals surface area contributed by atoms with E-state index >= 15 is 0 Å². The molecule has 148 valence electrons. The van der Waals surface area contributed by atoms with E-state index in [1.54, 1.807) is 13.1 Å². The molecule has 0 bridgehead atoms. The third-order valence-electron chi connectivity index (χ3n) is 3.89. The van der Waals surface area contributed by atoms with Gasteiger partial charge in [0.15, 0.2) is 5.96 Å². The summed E-state index contributed by atoms with van der Waals surface area (Å²) in [5, 5.41) is 9.10. The minimum atomic E-state index is -0.154. The number of aryl methyl sites for hydroxylation is 1. The highest BCUT2D eigenvalue weighted by Gasteiger charge is 2.08. The van der Waals surface area contributed by atoms with Gasteiger partial charge in [-0.1, -0.05) is 52.9 Å². The van der Waals surface area contributed by atoms with E-state index in [2.05, 4.69) is 43.5 Å². The number of ether oxygens (including phenoxy) is 1. The zero-order valence-electron chi connectivity index (χ0n) is 16.1. The zero-order valence-corrected chi connectivity index (χ0v) is 17.7. The Morgan fingerprint density at radius 2 is 2.04 bits per heavy atom. The molecule has 0 aliphatic carbocycles. The predicted molar refractivity (Wildman–Crippen MR) is 118 cm³/mol. The molecule has 2 aromatic rings. The van der Waals surface area contributed by atoms with E-state index in [0.29, 0.717) is 19.1 Å². The fourth-order valence-corrected chi connectivity index (χ4v) is 2.79. The van der Waals surface area contributed by atoms with Gasteiger partial charge in [-0.05, 0) is 30.7 Å². The summed E-state index contributed by atoms with van der Waals surface area (Å²) in [5.41, 5.74) is 2.76. The minimum Gasteiger partial charge on any atom is -0.489 e. The second-order valence-electron chi connectivity index (χ2n) is 5.99. The molecule has 0 fully saturated rings.